The predicted octanol–water partition coefficient (Wildman–Crippen LogP) is 4.85. The molecule has 0 saturated carbocycles. The number of rotatable bonds is 7. The van der Waals surface area contributed by atoms with Crippen molar-refractivity contribution in [2.75, 3.05) is 11.4 Å². The van der Waals surface area contributed by atoms with Crippen molar-refractivity contribution in [3.05, 3.63) is 82.0 Å². The van der Waals surface area contributed by atoms with Crippen molar-refractivity contribution in [2.24, 2.45) is 0 Å². The van der Waals surface area contributed by atoms with Crippen LogP contribution >= 0.6 is 11.6 Å². The van der Waals surface area contributed by atoms with Gasteiger partial charge in [-0.2, -0.15) is 18.3 Å². The highest BCUT2D eigenvalue weighted by molar-refractivity contribution is 6.17. The number of aromatic nitrogens is 2. The third-order valence-corrected chi connectivity index (χ3v) is 6.14. The van der Waals surface area contributed by atoms with E-state index in [4.69, 9.17) is 16.7 Å². The Kier molecular flexibility index (Phi) is 6.75. The van der Waals surface area contributed by atoms with Crippen LogP contribution in [0, 0.1) is 0 Å². The van der Waals surface area contributed by atoms with Gasteiger partial charge < -0.3 is 15.3 Å². The van der Waals surface area contributed by atoms with E-state index in [-0.39, 0.29) is 17.9 Å². The van der Waals surface area contributed by atoms with Gasteiger partial charge in [-0.1, -0.05) is 36.4 Å². The van der Waals surface area contributed by atoms with Gasteiger partial charge in [0.25, 0.3) is 5.91 Å². The summed E-state index contributed by atoms with van der Waals surface area (Å²) in [5.74, 6) is -1.59. The van der Waals surface area contributed by atoms with Gasteiger partial charge >= 0.3 is 12.1 Å². The van der Waals surface area contributed by atoms with Gasteiger partial charge in [-0.25, -0.2) is 9.48 Å². The van der Waals surface area contributed by atoms with Crippen LogP contribution in [0.15, 0.2) is 48.5 Å². The number of alkyl halides is 4. The number of carbonyl (C=O) groups is 2. The molecule has 0 saturated heterocycles. The van der Waals surface area contributed by atoms with Gasteiger partial charge in [-0.15, -0.1) is 11.6 Å². The van der Waals surface area contributed by atoms with E-state index < -0.39 is 35.4 Å². The first-order chi connectivity index (χ1) is 16.6. The lowest BCUT2D eigenvalue weighted by Gasteiger charge is -2.21. The van der Waals surface area contributed by atoms with Crippen molar-refractivity contribution in [1.29, 1.82) is 0 Å². The van der Waals surface area contributed by atoms with Crippen LogP contribution in [0.3, 0.4) is 0 Å². The van der Waals surface area contributed by atoms with Gasteiger partial charge in [0.1, 0.15) is 11.4 Å². The molecule has 1 aromatic heterocycles. The Morgan fingerprint density at radius 3 is 2.46 bits per heavy atom. The highest BCUT2D eigenvalue weighted by Gasteiger charge is 2.44. The first-order valence-corrected chi connectivity index (χ1v) is 11.3. The van der Waals surface area contributed by atoms with E-state index in [2.05, 4.69) is 10.4 Å². The maximum atomic E-state index is 13.9. The average molecular weight is 507 g/mol. The number of anilines is 1. The van der Waals surface area contributed by atoms with Crippen LogP contribution in [0.25, 0.3) is 0 Å². The molecular formula is C24H22ClF3N4O3. The van der Waals surface area contributed by atoms with E-state index in [0.717, 1.165) is 11.1 Å². The van der Waals surface area contributed by atoms with Crippen LogP contribution in [0.5, 0.6) is 0 Å². The van der Waals surface area contributed by atoms with Crippen LogP contribution in [0.2, 0.25) is 0 Å². The third kappa shape index (κ3) is 5.12. The normalized spacial score (nSPS) is 14.0. The van der Waals surface area contributed by atoms with Crippen LogP contribution < -0.4 is 10.2 Å². The number of nitrogens with one attached hydrogen (secondary N) is 1. The smallest absolute Gasteiger partial charge is 0.436 e. The maximum absolute atomic E-state index is 13.9. The number of fused-ring (bicyclic) bond motifs is 1. The molecule has 0 radical (unpaired) electrons. The minimum Gasteiger partial charge on any atom is -0.478 e. The Balaban J connectivity index is 1.64. The van der Waals surface area contributed by atoms with Gasteiger partial charge in [0.05, 0.1) is 18.2 Å². The Morgan fingerprint density at radius 2 is 1.83 bits per heavy atom. The first-order valence-electron chi connectivity index (χ1n) is 10.8. The second-order valence-corrected chi connectivity index (χ2v) is 8.53. The molecule has 2 aromatic carbocycles. The Morgan fingerprint density at radius 1 is 1.14 bits per heavy atom. The summed E-state index contributed by atoms with van der Waals surface area (Å²) in [4.78, 5) is 25.9. The lowest BCUT2D eigenvalue weighted by Crippen LogP contribution is -2.31. The van der Waals surface area contributed by atoms with Gasteiger partial charge in [-0.05, 0) is 35.7 Å². The molecule has 1 amide bonds. The van der Waals surface area contributed by atoms with Crippen LogP contribution in [-0.4, -0.2) is 33.3 Å². The number of aromatic carboxylic acids is 1. The third-order valence-electron chi connectivity index (χ3n) is 5.83. The Labute approximate surface area is 204 Å². The number of nitrogens with zero attached hydrogens (tertiary/aromatic N) is 3. The molecule has 1 aliphatic rings. The number of hydrogen-bond donors (Lipinski definition) is 2. The number of halogens is 4. The van der Waals surface area contributed by atoms with E-state index in [9.17, 15) is 22.8 Å². The zero-order valence-corrected chi connectivity index (χ0v) is 19.4. The summed E-state index contributed by atoms with van der Waals surface area (Å²) >= 11 is 5.91. The zero-order valence-electron chi connectivity index (χ0n) is 18.6. The maximum Gasteiger partial charge on any atom is 0.436 e. The second-order valence-electron chi connectivity index (χ2n) is 8.27. The standard InChI is InChI=1S/C24H22ClF3N4O3/c1-14(17-5-7-18(8-6-17)23(34)35)29-21(33)19-20(24(26,27)28)30-32-10-9-31(22(19)32)13-16-4-2-3-15(11-16)12-25/h2-8,11,14H,9-10,12-13H2,1H3,(H,29,33)(H,34,35)/t14-/m0/s1. The van der Waals surface area contributed by atoms with E-state index in [1.54, 1.807) is 11.8 Å². The Bertz CT molecular complexity index is 1260. The summed E-state index contributed by atoms with van der Waals surface area (Å²) in [6.45, 7) is 2.52. The number of carbonyl (C=O) groups excluding carboxylic acids is 1. The molecular weight excluding hydrogens is 485 g/mol. The number of benzene rings is 2. The largest absolute Gasteiger partial charge is 0.478 e. The predicted molar refractivity (Wildman–Crippen MR) is 124 cm³/mol. The number of hydrogen-bond acceptors (Lipinski definition) is 4. The summed E-state index contributed by atoms with van der Waals surface area (Å²) in [6.07, 6.45) is -4.82. The minimum absolute atomic E-state index is 0.0648. The second kappa shape index (κ2) is 9.61. The van der Waals surface area contributed by atoms with Gasteiger partial charge in [-0.3, -0.25) is 4.79 Å². The SMILES string of the molecule is C[C@H](NC(=O)c1c(C(F)(F)F)nn2c1N(Cc1cccc(CCl)c1)CC2)c1ccc(C(=O)O)cc1. The van der Waals surface area contributed by atoms with Gasteiger partial charge in [0.2, 0.25) is 0 Å². The molecule has 0 fully saturated rings. The molecule has 35 heavy (non-hydrogen) atoms. The fourth-order valence-corrected chi connectivity index (χ4v) is 4.28. The molecule has 3 aromatic rings. The van der Waals surface area contributed by atoms with Gasteiger partial charge in [0, 0.05) is 19.0 Å². The van der Waals surface area contributed by atoms with Crippen molar-refractivity contribution in [2.45, 2.75) is 38.1 Å². The zero-order chi connectivity index (χ0) is 25.3. The summed E-state index contributed by atoms with van der Waals surface area (Å²) < 4.78 is 42.8. The summed E-state index contributed by atoms with van der Waals surface area (Å²) in [5.41, 5.74) is 0.582. The van der Waals surface area contributed by atoms with Crippen molar-refractivity contribution < 1.29 is 27.9 Å². The average Bonchev–Trinajstić information content (AvgIpc) is 3.39. The number of carboxylic acid groups (broad SMARTS) is 1. The minimum atomic E-state index is -4.82. The molecule has 0 unspecified atom stereocenters. The quantitative estimate of drug-likeness (QED) is 0.447. The lowest BCUT2D eigenvalue weighted by molar-refractivity contribution is -0.141. The fourth-order valence-electron chi connectivity index (χ4n) is 4.11. The molecule has 2 N–H and O–H groups in total. The molecule has 2 heterocycles. The van der Waals surface area contributed by atoms with E-state index in [1.165, 1.54) is 28.9 Å². The molecule has 1 atom stereocenters. The van der Waals surface area contributed by atoms with Crippen molar-refractivity contribution >= 4 is 29.3 Å². The molecule has 0 bridgehead atoms. The fraction of sp³-hybridized carbons (Fsp3) is 0.292. The molecule has 184 valence electrons. The van der Waals surface area contributed by atoms with E-state index in [1.807, 2.05) is 24.3 Å². The highest BCUT2D eigenvalue weighted by atomic mass is 35.5. The molecule has 11 heteroatoms. The summed E-state index contributed by atoms with van der Waals surface area (Å²) in [5, 5.41) is 15.4. The monoisotopic (exact) mass is 506 g/mol. The van der Waals surface area contributed by atoms with Crippen LogP contribution in [0.1, 0.15) is 56.1 Å². The van der Waals surface area contributed by atoms with Crippen LogP contribution in [-0.2, 0) is 25.1 Å². The number of carboxylic acids is 1. The summed E-state index contributed by atoms with van der Waals surface area (Å²) in [7, 11) is 0. The highest BCUT2D eigenvalue weighted by Crippen LogP contribution is 2.38. The topological polar surface area (TPSA) is 87.5 Å². The van der Waals surface area contributed by atoms with Gasteiger partial charge in [0.15, 0.2) is 5.69 Å². The van der Waals surface area contributed by atoms with Crippen molar-refractivity contribution in [1.82, 2.24) is 15.1 Å². The molecule has 0 aliphatic carbocycles. The Hall–Kier alpha value is -3.53. The molecule has 4 rings (SSSR count). The molecule has 7 nitrogen and oxygen atoms in total. The van der Waals surface area contributed by atoms with E-state index >= 15 is 0 Å². The molecule has 0 spiro atoms. The van der Waals surface area contributed by atoms with Crippen molar-refractivity contribution in [3.63, 3.8) is 0 Å². The first kappa shape index (κ1) is 24.6. The van der Waals surface area contributed by atoms with Crippen LogP contribution in [0.4, 0.5) is 19.0 Å². The lowest BCUT2D eigenvalue weighted by atomic mass is 10.1. The number of amides is 1. The van der Waals surface area contributed by atoms with E-state index in [0.29, 0.717) is 24.5 Å². The molecule has 1 aliphatic heterocycles. The summed E-state index contributed by atoms with van der Waals surface area (Å²) in [6, 6.07) is 12.5. The van der Waals surface area contributed by atoms with Crippen molar-refractivity contribution in [3.8, 4) is 0 Å².